The topological polar surface area (TPSA) is 44.8 Å². The predicted octanol–water partition coefficient (Wildman–Crippen LogP) is 3.33. The summed E-state index contributed by atoms with van der Waals surface area (Å²) >= 11 is 0. The highest BCUT2D eigenvalue weighted by Crippen LogP contribution is 2.37. The molecule has 3 rings (SSSR count). The molecule has 0 atom stereocenters. The molecule has 96 valence electrons. The number of rotatable bonds is 3. The van der Waals surface area contributed by atoms with E-state index in [0.717, 1.165) is 11.8 Å². The number of hydrogen-bond acceptors (Lipinski definition) is 4. The smallest absolute Gasteiger partial charge is 0.231 e. The van der Waals surface area contributed by atoms with Crippen molar-refractivity contribution in [1.29, 1.82) is 0 Å². The number of carbonyl (C=O) groups is 1. The Bertz CT molecular complexity index is 634. The number of fused-ring (bicyclic) bond motifs is 1. The maximum atomic E-state index is 10.8. The van der Waals surface area contributed by atoms with Gasteiger partial charge in [-0.15, -0.1) is 0 Å². The van der Waals surface area contributed by atoms with E-state index in [9.17, 15) is 4.79 Å². The highest BCUT2D eigenvalue weighted by molar-refractivity contribution is 5.76. The first-order valence-electron chi connectivity index (χ1n) is 5.89. The second-order valence-corrected chi connectivity index (χ2v) is 4.26. The minimum atomic E-state index is 0.235. The fraction of sp³-hybridized carbons (Fsp3) is 0.133. The van der Waals surface area contributed by atoms with Gasteiger partial charge in [0.25, 0.3) is 0 Å². The van der Waals surface area contributed by atoms with Gasteiger partial charge in [0, 0.05) is 11.6 Å². The maximum absolute atomic E-state index is 10.8. The van der Waals surface area contributed by atoms with E-state index in [0.29, 0.717) is 28.6 Å². The SMILES string of the molecule is Cc1ccc(C=O)cc1Oc1ccc2c(c1)OCO2. The molecule has 0 fully saturated rings. The summed E-state index contributed by atoms with van der Waals surface area (Å²) < 4.78 is 16.3. The summed E-state index contributed by atoms with van der Waals surface area (Å²) in [5, 5.41) is 0. The fourth-order valence-electron chi connectivity index (χ4n) is 1.87. The van der Waals surface area contributed by atoms with Gasteiger partial charge in [0.1, 0.15) is 17.8 Å². The molecule has 2 aromatic carbocycles. The molecule has 2 aromatic rings. The van der Waals surface area contributed by atoms with Crippen molar-refractivity contribution in [3.63, 3.8) is 0 Å². The van der Waals surface area contributed by atoms with Crippen LogP contribution >= 0.6 is 0 Å². The minimum Gasteiger partial charge on any atom is -0.457 e. The Balaban J connectivity index is 1.90. The molecule has 1 aliphatic rings. The number of carbonyl (C=O) groups excluding carboxylic acids is 1. The summed E-state index contributed by atoms with van der Waals surface area (Å²) in [6, 6.07) is 10.7. The van der Waals surface area contributed by atoms with Crippen molar-refractivity contribution in [3.05, 3.63) is 47.5 Å². The summed E-state index contributed by atoms with van der Waals surface area (Å²) in [4.78, 5) is 10.8. The third-order valence-corrected chi connectivity index (χ3v) is 2.92. The lowest BCUT2D eigenvalue weighted by Gasteiger charge is -2.09. The molecule has 0 saturated heterocycles. The lowest BCUT2D eigenvalue weighted by atomic mass is 10.1. The Hall–Kier alpha value is -2.49. The van der Waals surface area contributed by atoms with Gasteiger partial charge in [-0.2, -0.15) is 0 Å². The molecule has 4 heteroatoms. The molecule has 0 saturated carbocycles. The second kappa shape index (κ2) is 4.65. The van der Waals surface area contributed by atoms with E-state index in [4.69, 9.17) is 14.2 Å². The van der Waals surface area contributed by atoms with Crippen molar-refractivity contribution in [1.82, 2.24) is 0 Å². The normalized spacial score (nSPS) is 12.3. The van der Waals surface area contributed by atoms with Crippen LogP contribution in [0.15, 0.2) is 36.4 Å². The zero-order chi connectivity index (χ0) is 13.2. The van der Waals surface area contributed by atoms with Gasteiger partial charge >= 0.3 is 0 Å². The van der Waals surface area contributed by atoms with Gasteiger partial charge in [-0.05, 0) is 30.7 Å². The fourth-order valence-corrected chi connectivity index (χ4v) is 1.87. The van der Waals surface area contributed by atoms with Crippen LogP contribution in [-0.4, -0.2) is 13.1 Å². The van der Waals surface area contributed by atoms with E-state index >= 15 is 0 Å². The average Bonchev–Trinajstić information content (AvgIpc) is 2.89. The predicted molar refractivity (Wildman–Crippen MR) is 69.2 cm³/mol. The summed E-state index contributed by atoms with van der Waals surface area (Å²) in [6.45, 7) is 2.16. The molecular formula is C15H12O4. The van der Waals surface area contributed by atoms with Crippen LogP contribution < -0.4 is 14.2 Å². The molecule has 0 aromatic heterocycles. The van der Waals surface area contributed by atoms with Crippen molar-refractivity contribution in [2.75, 3.05) is 6.79 Å². The molecule has 1 heterocycles. The van der Waals surface area contributed by atoms with Crippen LogP contribution in [0.5, 0.6) is 23.0 Å². The van der Waals surface area contributed by atoms with Crippen LogP contribution in [0.2, 0.25) is 0 Å². The van der Waals surface area contributed by atoms with E-state index in [1.165, 1.54) is 0 Å². The van der Waals surface area contributed by atoms with Gasteiger partial charge in [0.2, 0.25) is 6.79 Å². The Morgan fingerprint density at radius 3 is 2.79 bits per heavy atom. The minimum absolute atomic E-state index is 0.235. The third kappa shape index (κ3) is 2.25. The van der Waals surface area contributed by atoms with Crippen molar-refractivity contribution >= 4 is 6.29 Å². The molecule has 0 spiro atoms. The first-order chi connectivity index (χ1) is 9.26. The molecule has 0 radical (unpaired) electrons. The van der Waals surface area contributed by atoms with Crippen LogP contribution in [0.1, 0.15) is 15.9 Å². The lowest BCUT2D eigenvalue weighted by molar-refractivity contribution is 0.112. The lowest BCUT2D eigenvalue weighted by Crippen LogP contribution is -1.93. The quantitative estimate of drug-likeness (QED) is 0.790. The summed E-state index contributed by atoms with van der Waals surface area (Å²) in [5.41, 5.74) is 1.55. The second-order valence-electron chi connectivity index (χ2n) is 4.26. The van der Waals surface area contributed by atoms with E-state index in [-0.39, 0.29) is 6.79 Å². The molecule has 1 aliphatic heterocycles. The van der Waals surface area contributed by atoms with Gasteiger partial charge in [-0.25, -0.2) is 0 Å². The molecule has 4 nitrogen and oxygen atoms in total. The highest BCUT2D eigenvalue weighted by Gasteiger charge is 2.14. The van der Waals surface area contributed by atoms with Crippen molar-refractivity contribution < 1.29 is 19.0 Å². The number of aldehydes is 1. The van der Waals surface area contributed by atoms with E-state index in [1.807, 2.05) is 13.0 Å². The van der Waals surface area contributed by atoms with Crippen LogP contribution in [0, 0.1) is 6.92 Å². The van der Waals surface area contributed by atoms with Crippen LogP contribution in [0.4, 0.5) is 0 Å². The molecule has 0 amide bonds. The van der Waals surface area contributed by atoms with Crippen LogP contribution in [-0.2, 0) is 0 Å². The van der Waals surface area contributed by atoms with Gasteiger partial charge in [0.05, 0.1) is 0 Å². The Morgan fingerprint density at radius 1 is 1.11 bits per heavy atom. The monoisotopic (exact) mass is 256 g/mol. The Labute approximate surface area is 110 Å². The molecular weight excluding hydrogens is 244 g/mol. The summed E-state index contributed by atoms with van der Waals surface area (Å²) in [7, 11) is 0. The van der Waals surface area contributed by atoms with Gasteiger partial charge < -0.3 is 14.2 Å². The molecule has 0 aliphatic carbocycles. The van der Waals surface area contributed by atoms with Crippen molar-refractivity contribution in [2.45, 2.75) is 6.92 Å². The van der Waals surface area contributed by atoms with E-state index in [1.54, 1.807) is 30.3 Å². The van der Waals surface area contributed by atoms with Gasteiger partial charge in [-0.3, -0.25) is 4.79 Å². The number of aryl methyl sites for hydroxylation is 1. The van der Waals surface area contributed by atoms with E-state index in [2.05, 4.69) is 0 Å². The zero-order valence-corrected chi connectivity index (χ0v) is 10.4. The van der Waals surface area contributed by atoms with Crippen LogP contribution in [0.3, 0.4) is 0 Å². The first-order valence-corrected chi connectivity index (χ1v) is 5.89. The summed E-state index contributed by atoms with van der Waals surface area (Å²) in [6.07, 6.45) is 0.798. The molecule has 0 N–H and O–H groups in total. The zero-order valence-electron chi connectivity index (χ0n) is 10.4. The standard InChI is InChI=1S/C15H12O4/c1-10-2-3-11(8-16)6-14(10)19-12-4-5-13-15(7-12)18-9-17-13/h2-8H,9H2,1H3. The Kier molecular flexibility index (Phi) is 2.83. The largest absolute Gasteiger partial charge is 0.457 e. The molecule has 0 bridgehead atoms. The Morgan fingerprint density at radius 2 is 1.95 bits per heavy atom. The number of hydrogen-bond donors (Lipinski definition) is 0. The summed E-state index contributed by atoms with van der Waals surface area (Å²) in [5.74, 6) is 2.69. The van der Waals surface area contributed by atoms with E-state index < -0.39 is 0 Å². The molecule has 19 heavy (non-hydrogen) atoms. The van der Waals surface area contributed by atoms with Crippen LogP contribution in [0.25, 0.3) is 0 Å². The van der Waals surface area contributed by atoms with Gasteiger partial charge in [-0.1, -0.05) is 12.1 Å². The maximum Gasteiger partial charge on any atom is 0.231 e. The van der Waals surface area contributed by atoms with Crippen molar-refractivity contribution in [3.8, 4) is 23.0 Å². The highest BCUT2D eigenvalue weighted by atomic mass is 16.7. The number of benzene rings is 2. The van der Waals surface area contributed by atoms with Crippen molar-refractivity contribution in [2.24, 2.45) is 0 Å². The molecule has 0 unspecified atom stereocenters. The average molecular weight is 256 g/mol. The van der Waals surface area contributed by atoms with Gasteiger partial charge in [0.15, 0.2) is 11.5 Å². The first kappa shape index (κ1) is 11.6. The number of ether oxygens (including phenoxy) is 3. The third-order valence-electron chi connectivity index (χ3n) is 2.92.